The monoisotopic (exact) mass is 299 g/mol. The summed E-state index contributed by atoms with van der Waals surface area (Å²) in [6.07, 6.45) is 1.02. The van der Waals surface area contributed by atoms with Gasteiger partial charge in [-0.15, -0.1) is 0 Å². The third-order valence-corrected chi connectivity index (χ3v) is 4.01. The molecule has 0 N–H and O–H groups in total. The molecule has 0 aliphatic rings. The first-order valence-corrected chi connectivity index (χ1v) is 7.58. The molecular formula is C19H25NO2. The fourth-order valence-electron chi connectivity index (χ4n) is 2.47. The summed E-state index contributed by atoms with van der Waals surface area (Å²) in [5.41, 5.74) is 2.59. The van der Waals surface area contributed by atoms with Crippen molar-refractivity contribution in [1.29, 1.82) is 0 Å². The van der Waals surface area contributed by atoms with Crippen molar-refractivity contribution in [3.8, 4) is 11.5 Å². The number of methoxy groups -OCH3 is 2. The van der Waals surface area contributed by atoms with Gasteiger partial charge < -0.3 is 9.47 Å². The SMILES string of the molecule is COc1ccc(CC(C)N(C)Cc2cccc(OC)c2)cc1. The molecule has 0 saturated heterocycles. The van der Waals surface area contributed by atoms with Gasteiger partial charge in [-0.2, -0.15) is 0 Å². The van der Waals surface area contributed by atoms with Gasteiger partial charge in [0.2, 0.25) is 0 Å². The van der Waals surface area contributed by atoms with Crippen molar-refractivity contribution < 1.29 is 9.47 Å². The number of nitrogens with zero attached hydrogens (tertiary/aromatic N) is 1. The third-order valence-electron chi connectivity index (χ3n) is 4.01. The molecule has 2 aromatic rings. The highest BCUT2D eigenvalue weighted by atomic mass is 16.5. The molecule has 2 aromatic carbocycles. The Hall–Kier alpha value is -2.00. The molecule has 1 unspecified atom stereocenters. The van der Waals surface area contributed by atoms with Crippen LogP contribution in [0, 0.1) is 0 Å². The second-order valence-electron chi connectivity index (χ2n) is 5.67. The van der Waals surface area contributed by atoms with Gasteiger partial charge in [0.1, 0.15) is 11.5 Å². The summed E-state index contributed by atoms with van der Waals surface area (Å²) >= 11 is 0. The van der Waals surface area contributed by atoms with E-state index in [0.717, 1.165) is 24.5 Å². The molecule has 0 bridgehead atoms. The van der Waals surface area contributed by atoms with E-state index >= 15 is 0 Å². The Morgan fingerprint density at radius 2 is 1.59 bits per heavy atom. The van der Waals surface area contributed by atoms with Crippen LogP contribution in [0.1, 0.15) is 18.1 Å². The first-order valence-electron chi connectivity index (χ1n) is 7.58. The third kappa shape index (κ3) is 4.50. The Bertz CT molecular complexity index is 580. The second-order valence-corrected chi connectivity index (χ2v) is 5.67. The molecular weight excluding hydrogens is 274 g/mol. The average molecular weight is 299 g/mol. The van der Waals surface area contributed by atoms with Gasteiger partial charge in [0.25, 0.3) is 0 Å². The predicted octanol–water partition coefficient (Wildman–Crippen LogP) is 3.77. The fraction of sp³-hybridized carbons (Fsp3) is 0.368. The first-order chi connectivity index (χ1) is 10.6. The van der Waals surface area contributed by atoms with Gasteiger partial charge in [-0.05, 0) is 55.8 Å². The Kier molecular flexibility index (Phi) is 5.84. The van der Waals surface area contributed by atoms with Crippen LogP contribution < -0.4 is 9.47 Å². The molecule has 2 rings (SSSR count). The lowest BCUT2D eigenvalue weighted by Crippen LogP contribution is -2.30. The van der Waals surface area contributed by atoms with Gasteiger partial charge in [0.15, 0.2) is 0 Å². The van der Waals surface area contributed by atoms with E-state index in [1.54, 1.807) is 14.2 Å². The van der Waals surface area contributed by atoms with Crippen molar-refractivity contribution in [2.45, 2.75) is 25.9 Å². The van der Waals surface area contributed by atoms with Crippen LogP contribution in [-0.2, 0) is 13.0 Å². The van der Waals surface area contributed by atoms with Gasteiger partial charge in [-0.1, -0.05) is 24.3 Å². The molecule has 0 saturated carbocycles. The number of hydrogen-bond donors (Lipinski definition) is 0. The number of likely N-dealkylation sites (N-methyl/N-ethyl adjacent to an activating group) is 1. The van der Waals surface area contributed by atoms with Crippen LogP contribution in [0.2, 0.25) is 0 Å². The lowest BCUT2D eigenvalue weighted by atomic mass is 10.1. The van der Waals surface area contributed by atoms with Gasteiger partial charge in [0, 0.05) is 12.6 Å². The van der Waals surface area contributed by atoms with Crippen molar-refractivity contribution in [3.05, 3.63) is 59.7 Å². The van der Waals surface area contributed by atoms with Gasteiger partial charge in [-0.3, -0.25) is 4.90 Å². The Balaban J connectivity index is 1.94. The molecule has 118 valence electrons. The van der Waals surface area contributed by atoms with Crippen LogP contribution in [0.15, 0.2) is 48.5 Å². The van der Waals surface area contributed by atoms with Crippen LogP contribution >= 0.6 is 0 Å². The fourth-order valence-corrected chi connectivity index (χ4v) is 2.47. The van der Waals surface area contributed by atoms with Crippen molar-refractivity contribution in [3.63, 3.8) is 0 Å². The molecule has 0 radical (unpaired) electrons. The van der Waals surface area contributed by atoms with Crippen molar-refractivity contribution >= 4 is 0 Å². The van der Waals surface area contributed by atoms with E-state index in [-0.39, 0.29) is 0 Å². The normalized spacial score (nSPS) is 12.2. The van der Waals surface area contributed by atoms with E-state index in [4.69, 9.17) is 9.47 Å². The zero-order valence-electron chi connectivity index (χ0n) is 13.9. The topological polar surface area (TPSA) is 21.7 Å². The van der Waals surface area contributed by atoms with Gasteiger partial charge in [-0.25, -0.2) is 0 Å². The maximum absolute atomic E-state index is 5.28. The minimum absolute atomic E-state index is 0.458. The largest absolute Gasteiger partial charge is 0.497 e. The summed E-state index contributed by atoms with van der Waals surface area (Å²) in [7, 11) is 5.56. The predicted molar refractivity (Wildman–Crippen MR) is 90.6 cm³/mol. The zero-order chi connectivity index (χ0) is 15.9. The van der Waals surface area contributed by atoms with E-state index in [1.807, 2.05) is 24.3 Å². The molecule has 22 heavy (non-hydrogen) atoms. The molecule has 0 aromatic heterocycles. The second kappa shape index (κ2) is 7.85. The van der Waals surface area contributed by atoms with Gasteiger partial charge >= 0.3 is 0 Å². The highest BCUT2D eigenvalue weighted by molar-refractivity contribution is 5.29. The molecule has 0 aliphatic heterocycles. The molecule has 3 heteroatoms. The smallest absolute Gasteiger partial charge is 0.119 e. The Labute approximate surface area is 133 Å². The van der Waals surface area contributed by atoms with Crippen LogP contribution in [-0.4, -0.2) is 32.2 Å². The maximum atomic E-state index is 5.28. The molecule has 0 spiro atoms. The summed E-state index contributed by atoms with van der Waals surface area (Å²) in [6.45, 7) is 3.17. The highest BCUT2D eigenvalue weighted by Gasteiger charge is 2.11. The Morgan fingerprint density at radius 1 is 0.909 bits per heavy atom. The van der Waals surface area contributed by atoms with E-state index < -0.39 is 0 Å². The molecule has 3 nitrogen and oxygen atoms in total. The molecule has 0 aliphatic carbocycles. The number of ether oxygens (including phenoxy) is 2. The van der Waals surface area contributed by atoms with Crippen LogP contribution in [0.3, 0.4) is 0 Å². The summed E-state index contributed by atoms with van der Waals surface area (Å²) in [5, 5.41) is 0. The molecule has 0 heterocycles. The van der Waals surface area contributed by atoms with Crippen LogP contribution in [0.5, 0.6) is 11.5 Å². The zero-order valence-corrected chi connectivity index (χ0v) is 13.9. The lowest BCUT2D eigenvalue weighted by Gasteiger charge is -2.25. The average Bonchev–Trinajstić information content (AvgIpc) is 2.55. The van der Waals surface area contributed by atoms with E-state index in [1.165, 1.54) is 11.1 Å². The molecule has 1 atom stereocenters. The minimum atomic E-state index is 0.458. The van der Waals surface area contributed by atoms with Crippen molar-refractivity contribution in [2.24, 2.45) is 0 Å². The number of benzene rings is 2. The summed E-state index contributed by atoms with van der Waals surface area (Å²) in [6, 6.07) is 17.0. The van der Waals surface area contributed by atoms with Crippen molar-refractivity contribution in [1.82, 2.24) is 4.90 Å². The van der Waals surface area contributed by atoms with Crippen molar-refractivity contribution in [2.75, 3.05) is 21.3 Å². The van der Waals surface area contributed by atoms with Crippen LogP contribution in [0.25, 0.3) is 0 Å². The standard InChI is InChI=1S/C19H25NO2/c1-15(12-16-8-10-18(21-3)11-9-16)20(2)14-17-6-5-7-19(13-17)22-4/h5-11,13,15H,12,14H2,1-4H3. The van der Waals surface area contributed by atoms with E-state index in [0.29, 0.717) is 6.04 Å². The first kappa shape index (κ1) is 16.4. The molecule has 0 amide bonds. The lowest BCUT2D eigenvalue weighted by molar-refractivity contribution is 0.247. The summed E-state index contributed by atoms with van der Waals surface area (Å²) < 4.78 is 10.5. The Morgan fingerprint density at radius 3 is 2.23 bits per heavy atom. The summed E-state index contributed by atoms with van der Waals surface area (Å²) in [4.78, 5) is 2.36. The van der Waals surface area contributed by atoms with Gasteiger partial charge in [0.05, 0.1) is 14.2 Å². The maximum Gasteiger partial charge on any atom is 0.119 e. The van der Waals surface area contributed by atoms with E-state index in [9.17, 15) is 0 Å². The van der Waals surface area contributed by atoms with E-state index in [2.05, 4.69) is 43.1 Å². The minimum Gasteiger partial charge on any atom is -0.497 e. The number of hydrogen-bond acceptors (Lipinski definition) is 3. The van der Waals surface area contributed by atoms with Crippen LogP contribution in [0.4, 0.5) is 0 Å². The highest BCUT2D eigenvalue weighted by Crippen LogP contribution is 2.17. The number of rotatable bonds is 7. The molecule has 0 fully saturated rings. The summed E-state index contributed by atoms with van der Waals surface area (Å²) in [5.74, 6) is 1.81. The quantitative estimate of drug-likeness (QED) is 0.777.